The standard InChI is InChI=1S/C20H27FN4O/c1-2-19-22-10-13-25(19)12-9-20(26)23-17-7-5-11-24(15-17)14-16-6-3-4-8-18(16)21/h3-4,6,8,10,13,17H,2,5,7,9,11-12,14-15H2,1H3,(H,23,26). The normalized spacial score (nSPS) is 18.0. The van der Waals surface area contributed by atoms with Gasteiger partial charge in [-0.3, -0.25) is 9.69 Å². The predicted octanol–water partition coefficient (Wildman–Crippen LogP) is 2.76. The number of aromatic nitrogens is 2. The Morgan fingerprint density at radius 3 is 3.04 bits per heavy atom. The van der Waals surface area contributed by atoms with Crippen LogP contribution in [0.15, 0.2) is 36.7 Å². The Morgan fingerprint density at radius 2 is 2.23 bits per heavy atom. The average molecular weight is 358 g/mol. The number of aryl methyl sites for hydroxylation is 2. The third-order valence-corrected chi connectivity index (χ3v) is 4.92. The van der Waals surface area contributed by atoms with Gasteiger partial charge < -0.3 is 9.88 Å². The van der Waals surface area contributed by atoms with E-state index in [1.807, 2.05) is 22.9 Å². The van der Waals surface area contributed by atoms with Crippen LogP contribution in [0.3, 0.4) is 0 Å². The van der Waals surface area contributed by atoms with E-state index in [-0.39, 0.29) is 17.8 Å². The summed E-state index contributed by atoms with van der Waals surface area (Å²) in [6.45, 7) is 5.01. The lowest BCUT2D eigenvalue weighted by Crippen LogP contribution is -2.47. The number of likely N-dealkylation sites (tertiary alicyclic amines) is 1. The zero-order valence-electron chi connectivity index (χ0n) is 15.3. The Morgan fingerprint density at radius 1 is 1.38 bits per heavy atom. The largest absolute Gasteiger partial charge is 0.352 e. The van der Waals surface area contributed by atoms with E-state index in [9.17, 15) is 9.18 Å². The second-order valence-electron chi connectivity index (χ2n) is 6.87. The first-order valence-electron chi connectivity index (χ1n) is 9.41. The summed E-state index contributed by atoms with van der Waals surface area (Å²) in [5.41, 5.74) is 0.715. The van der Waals surface area contributed by atoms with Gasteiger partial charge in [-0.2, -0.15) is 0 Å². The second-order valence-corrected chi connectivity index (χ2v) is 6.87. The van der Waals surface area contributed by atoms with Gasteiger partial charge >= 0.3 is 0 Å². The Balaban J connectivity index is 1.47. The summed E-state index contributed by atoms with van der Waals surface area (Å²) in [4.78, 5) is 18.8. The molecular weight excluding hydrogens is 331 g/mol. The second kappa shape index (κ2) is 8.94. The first-order chi connectivity index (χ1) is 12.7. The first kappa shape index (κ1) is 18.6. The van der Waals surface area contributed by atoms with Gasteiger partial charge in [0.2, 0.25) is 5.91 Å². The molecule has 2 aromatic rings. The summed E-state index contributed by atoms with van der Waals surface area (Å²) in [5, 5.41) is 3.14. The molecule has 1 amide bonds. The number of halogens is 1. The molecule has 140 valence electrons. The molecule has 1 N–H and O–H groups in total. The van der Waals surface area contributed by atoms with Crippen LogP contribution in [-0.4, -0.2) is 39.5 Å². The van der Waals surface area contributed by atoms with Crippen LogP contribution < -0.4 is 5.32 Å². The highest BCUT2D eigenvalue weighted by Gasteiger charge is 2.22. The molecule has 1 aromatic heterocycles. The van der Waals surface area contributed by atoms with Gasteiger partial charge in [0.1, 0.15) is 11.6 Å². The number of carbonyl (C=O) groups excluding carboxylic acids is 1. The smallest absolute Gasteiger partial charge is 0.222 e. The van der Waals surface area contributed by atoms with Crippen LogP contribution in [0.4, 0.5) is 4.39 Å². The van der Waals surface area contributed by atoms with Crippen molar-refractivity contribution >= 4 is 5.91 Å². The summed E-state index contributed by atoms with van der Waals surface area (Å²) >= 11 is 0. The maximum Gasteiger partial charge on any atom is 0.222 e. The zero-order chi connectivity index (χ0) is 18.4. The number of hydrogen-bond acceptors (Lipinski definition) is 3. The van der Waals surface area contributed by atoms with Gasteiger partial charge in [0, 0.05) is 56.5 Å². The minimum Gasteiger partial charge on any atom is -0.352 e. The van der Waals surface area contributed by atoms with E-state index in [1.54, 1.807) is 12.3 Å². The molecule has 26 heavy (non-hydrogen) atoms. The number of hydrogen-bond donors (Lipinski definition) is 1. The third kappa shape index (κ3) is 4.91. The molecule has 0 saturated carbocycles. The Bertz CT molecular complexity index is 730. The zero-order valence-corrected chi connectivity index (χ0v) is 15.3. The number of imidazole rings is 1. The van der Waals surface area contributed by atoms with Crippen LogP contribution in [0.2, 0.25) is 0 Å². The van der Waals surface area contributed by atoms with Crippen LogP contribution in [0.25, 0.3) is 0 Å². The summed E-state index contributed by atoms with van der Waals surface area (Å²) in [5.74, 6) is 0.913. The molecular formula is C20H27FN4O. The molecule has 0 bridgehead atoms. The molecule has 1 atom stereocenters. The molecule has 0 spiro atoms. The maximum absolute atomic E-state index is 13.8. The van der Waals surface area contributed by atoms with Gasteiger partial charge in [-0.25, -0.2) is 9.37 Å². The van der Waals surface area contributed by atoms with Gasteiger partial charge in [-0.1, -0.05) is 25.1 Å². The van der Waals surface area contributed by atoms with Crippen molar-refractivity contribution in [1.82, 2.24) is 19.8 Å². The molecule has 1 aliphatic rings. The molecule has 0 radical (unpaired) electrons. The van der Waals surface area contributed by atoms with Crippen molar-refractivity contribution in [2.24, 2.45) is 0 Å². The third-order valence-electron chi connectivity index (χ3n) is 4.92. The molecule has 1 unspecified atom stereocenters. The quantitative estimate of drug-likeness (QED) is 0.828. The van der Waals surface area contributed by atoms with Crippen molar-refractivity contribution in [2.45, 2.75) is 51.7 Å². The molecule has 1 aromatic carbocycles. The molecule has 2 heterocycles. The van der Waals surface area contributed by atoms with Crippen molar-refractivity contribution < 1.29 is 9.18 Å². The van der Waals surface area contributed by atoms with Gasteiger partial charge in [0.05, 0.1) is 0 Å². The maximum atomic E-state index is 13.8. The SMILES string of the molecule is CCc1nccn1CCC(=O)NC1CCCN(Cc2ccccc2F)C1. The minimum atomic E-state index is -0.161. The van der Waals surface area contributed by atoms with Crippen LogP contribution in [-0.2, 0) is 24.3 Å². The van der Waals surface area contributed by atoms with Crippen LogP contribution in [0.5, 0.6) is 0 Å². The van der Waals surface area contributed by atoms with Gasteiger partial charge in [0.25, 0.3) is 0 Å². The van der Waals surface area contributed by atoms with Crippen molar-refractivity contribution in [1.29, 1.82) is 0 Å². The van der Waals surface area contributed by atoms with E-state index in [4.69, 9.17) is 0 Å². The van der Waals surface area contributed by atoms with E-state index < -0.39 is 0 Å². The molecule has 1 saturated heterocycles. The Hall–Kier alpha value is -2.21. The number of nitrogens with one attached hydrogen (secondary N) is 1. The molecule has 1 aliphatic heterocycles. The number of amides is 1. The summed E-state index contributed by atoms with van der Waals surface area (Å²) < 4.78 is 15.9. The number of carbonyl (C=O) groups is 1. The fourth-order valence-electron chi connectivity index (χ4n) is 3.56. The van der Waals surface area contributed by atoms with E-state index in [2.05, 4.69) is 22.1 Å². The minimum absolute atomic E-state index is 0.0681. The highest BCUT2D eigenvalue weighted by Crippen LogP contribution is 2.16. The van der Waals surface area contributed by atoms with Crippen molar-refractivity contribution in [2.75, 3.05) is 13.1 Å². The summed E-state index contributed by atoms with van der Waals surface area (Å²) in [6.07, 6.45) is 7.00. The van der Waals surface area contributed by atoms with Gasteiger partial charge in [-0.05, 0) is 25.5 Å². The fourth-order valence-corrected chi connectivity index (χ4v) is 3.56. The monoisotopic (exact) mass is 358 g/mol. The van der Waals surface area contributed by atoms with Crippen molar-refractivity contribution in [3.05, 3.63) is 53.9 Å². The highest BCUT2D eigenvalue weighted by molar-refractivity contribution is 5.76. The van der Waals surface area contributed by atoms with Gasteiger partial charge in [0.15, 0.2) is 0 Å². The number of piperidine rings is 1. The summed E-state index contributed by atoms with van der Waals surface area (Å²) in [7, 11) is 0. The molecule has 6 heteroatoms. The van der Waals surface area contributed by atoms with Gasteiger partial charge in [-0.15, -0.1) is 0 Å². The van der Waals surface area contributed by atoms with Crippen LogP contribution in [0, 0.1) is 5.82 Å². The number of benzene rings is 1. The lowest BCUT2D eigenvalue weighted by atomic mass is 10.0. The average Bonchev–Trinajstić information content (AvgIpc) is 3.10. The number of rotatable bonds is 7. The van der Waals surface area contributed by atoms with Crippen LogP contribution in [0.1, 0.15) is 37.6 Å². The van der Waals surface area contributed by atoms with E-state index in [0.29, 0.717) is 25.1 Å². The summed E-state index contributed by atoms with van der Waals surface area (Å²) in [6, 6.07) is 7.04. The number of nitrogens with zero attached hydrogens (tertiary/aromatic N) is 3. The van der Waals surface area contributed by atoms with Crippen LogP contribution >= 0.6 is 0 Å². The molecule has 5 nitrogen and oxygen atoms in total. The fraction of sp³-hybridized carbons (Fsp3) is 0.500. The molecule has 3 rings (SSSR count). The lowest BCUT2D eigenvalue weighted by molar-refractivity contribution is -0.122. The van der Waals surface area contributed by atoms with E-state index >= 15 is 0 Å². The van der Waals surface area contributed by atoms with E-state index in [0.717, 1.165) is 38.2 Å². The van der Waals surface area contributed by atoms with Crippen molar-refractivity contribution in [3.8, 4) is 0 Å². The molecule has 1 fully saturated rings. The predicted molar refractivity (Wildman–Crippen MR) is 99.1 cm³/mol. The molecule has 0 aliphatic carbocycles. The lowest BCUT2D eigenvalue weighted by Gasteiger charge is -2.33. The van der Waals surface area contributed by atoms with E-state index in [1.165, 1.54) is 6.07 Å². The topological polar surface area (TPSA) is 50.2 Å². The first-order valence-corrected chi connectivity index (χ1v) is 9.41. The van der Waals surface area contributed by atoms with Crippen molar-refractivity contribution in [3.63, 3.8) is 0 Å². The highest BCUT2D eigenvalue weighted by atomic mass is 19.1. The Kier molecular flexibility index (Phi) is 6.39. The Labute approximate surface area is 154 Å².